The van der Waals surface area contributed by atoms with E-state index in [0.29, 0.717) is 11.6 Å². The van der Waals surface area contributed by atoms with Crippen molar-refractivity contribution in [1.29, 1.82) is 0 Å². The fourth-order valence-corrected chi connectivity index (χ4v) is 2.39. The van der Waals surface area contributed by atoms with Gasteiger partial charge in [-0.15, -0.1) is 11.3 Å². The number of carboxylic acid groups (broad SMARTS) is 1. The van der Waals surface area contributed by atoms with Gasteiger partial charge in [0.1, 0.15) is 6.04 Å². The summed E-state index contributed by atoms with van der Waals surface area (Å²) in [7, 11) is 1.51. The largest absolute Gasteiger partial charge is 0.480 e. The number of nitrogens with one attached hydrogen (secondary N) is 1. The Labute approximate surface area is 107 Å². The summed E-state index contributed by atoms with van der Waals surface area (Å²) in [6.45, 7) is 0.269. The lowest BCUT2D eigenvalue weighted by molar-refractivity contribution is -0.141. The molecule has 0 saturated carbocycles. The van der Waals surface area contributed by atoms with Crippen LogP contribution in [0.1, 0.15) is 6.42 Å². The lowest BCUT2D eigenvalue weighted by Crippen LogP contribution is -2.43. The summed E-state index contributed by atoms with van der Waals surface area (Å²) in [5, 5.41) is 13.8. The van der Waals surface area contributed by atoms with Crippen LogP contribution in [0.25, 0.3) is 0 Å². The van der Waals surface area contributed by atoms with Crippen LogP contribution in [-0.2, 0) is 9.53 Å². The van der Waals surface area contributed by atoms with Crippen LogP contribution in [-0.4, -0.2) is 52.8 Å². The van der Waals surface area contributed by atoms with Gasteiger partial charge in [0, 0.05) is 31.7 Å². The van der Waals surface area contributed by atoms with Gasteiger partial charge in [-0.1, -0.05) is 0 Å². The van der Waals surface area contributed by atoms with Crippen molar-refractivity contribution in [2.45, 2.75) is 18.6 Å². The average molecular weight is 271 g/mol. The molecule has 2 rings (SSSR count). The maximum atomic E-state index is 12.0. The van der Waals surface area contributed by atoms with Gasteiger partial charge in [-0.05, 0) is 0 Å². The molecule has 2 unspecified atom stereocenters. The predicted octanol–water partition coefficient (Wildman–Crippen LogP) is 0.849. The number of hydrogen-bond acceptors (Lipinski definition) is 5. The number of carboxylic acids is 1. The molecule has 7 nitrogen and oxygen atoms in total. The molecule has 8 heteroatoms. The quantitative estimate of drug-likeness (QED) is 0.850. The number of amides is 2. The minimum Gasteiger partial charge on any atom is -0.480 e. The zero-order chi connectivity index (χ0) is 13.1. The molecular formula is C10H13N3O4S. The molecule has 98 valence electrons. The molecule has 1 saturated heterocycles. The maximum Gasteiger partial charge on any atom is 0.326 e. The number of rotatable bonds is 3. The first kappa shape index (κ1) is 12.8. The Morgan fingerprint density at radius 2 is 2.44 bits per heavy atom. The smallest absolute Gasteiger partial charge is 0.326 e. The maximum absolute atomic E-state index is 12.0. The summed E-state index contributed by atoms with van der Waals surface area (Å²) in [6.07, 6.45) is 1.63. The van der Waals surface area contributed by atoms with Crippen LogP contribution >= 0.6 is 11.3 Å². The Hall–Kier alpha value is -1.67. The number of anilines is 1. The van der Waals surface area contributed by atoms with Gasteiger partial charge >= 0.3 is 12.0 Å². The van der Waals surface area contributed by atoms with E-state index in [4.69, 9.17) is 9.84 Å². The molecule has 1 aromatic rings. The molecule has 2 atom stereocenters. The Morgan fingerprint density at radius 3 is 3.00 bits per heavy atom. The molecule has 1 aliphatic rings. The fourth-order valence-electron chi connectivity index (χ4n) is 1.88. The topological polar surface area (TPSA) is 91.8 Å². The van der Waals surface area contributed by atoms with E-state index < -0.39 is 18.0 Å². The van der Waals surface area contributed by atoms with Gasteiger partial charge in [0.05, 0.1) is 6.10 Å². The van der Waals surface area contributed by atoms with Crippen molar-refractivity contribution in [2.75, 3.05) is 19.0 Å². The Balaban J connectivity index is 2.05. The number of methoxy groups -OCH3 is 1. The number of carbonyl (C=O) groups is 2. The number of ether oxygens (including phenoxy) is 1. The van der Waals surface area contributed by atoms with Gasteiger partial charge in [-0.2, -0.15) is 0 Å². The molecule has 0 aliphatic carbocycles. The SMILES string of the molecule is COC1CC(C(=O)O)N(C(=O)Nc2nccs2)C1. The number of likely N-dealkylation sites (tertiary alicyclic amines) is 1. The highest BCUT2D eigenvalue weighted by molar-refractivity contribution is 7.13. The third-order valence-corrected chi connectivity index (χ3v) is 3.48. The lowest BCUT2D eigenvalue weighted by atomic mass is 10.2. The van der Waals surface area contributed by atoms with Crippen LogP contribution < -0.4 is 5.32 Å². The first-order valence-corrected chi connectivity index (χ1v) is 6.22. The highest BCUT2D eigenvalue weighted by Gasteiger charge is 2.40. The van der Waals surface area contributed by atoms with E-state index >= 15 is 0 Å². The summed E-state index contributed by atoms with van der Waals surface area (Å²) in [5.41, 5.74) is 0. The number of urea groups is 1. The van der Waals surface area contributed by atoms with Crippen LogP contribution in [0.2, 0.25) is 0 Å². The number of aliphatic carboxylic acids is 1. The molecular weight excluding hydrogens is 258 g/mol. The number of aromatic nitrogens is 1. The summed E-state index contributed by atoms with van der Waals surface area (Å²) in [5.74, 6) is -1.02. The zero-order valence-corrected chi connectivity index (χ0v) is 10.5. The number of nitrogens with zero attached hydrogens (tertiary/aromatic N) is 2. The highest BCUT2D eigenvalue weighted by Crippen LogP contribution is 2.22. The molecule has 0 aromatic carbocycles. The number of hydrogen-bond donors (Lipinski definition) is 2. The first-order valence-electron chi connectivity index (χ1n) is 5.34. The molecule has 0 bridgehead atoms. The van der Waals surface area contributed by atoms with Gasteiger partial charge in [-0.25, -0.2) is 14.6 Å². The summed E-state index contributed by atoms with van der Waals surface area (Å²) < 4.78 is 5.11. The third kappa shape index (κ3) is 2.59. The fraction of sp³-hybridized carbons (Fsp3) is 0.500. The van der Waals surface area contributed by atoms with Crippen molar-refractivity contribution in [2.24, 2.45) is 0 Å². The van der Waals surface area contributed by atoms with Crippen LogP contribution in [0, 0.1) is 0 Å². The average Bonchev–Trinajstić information content (AvgIpc) is 2.96. The predicted molar refractivity (Wildman–Crippen MR) is 64.7 cm³/mol. The Bertz CT molecular complexity index is 436. The molecule has 2 N–H and O–H groups in total. The van der Waals surface area contributed by atoms with E-state index in [1.165, 1.54) is 23.3 Å². The van der Waals surface area contributed by atoms with Crippen molar-refractivity contribution >= 4 is 28.5 Å². The van der Waals surface area contributed by atoms with E-state index in [9.17, 15) is 9.59 Å². The van der Waals surface area contributed by atoms with E-state index in [1.807, 2.05) is 0 Å². The minimum absolute atomic E-state index is 0.242. The second-order valence-corrected chi connectivity index (χ2v) is 4.76. The molecule has 0 radical (unpaired) electrons. The first-order chi connectivity index (χ1) is 8.61. The summed E-state index contributed by atoms with van der Waals surface area (Å²) in [4.78, 5) is 28.2. The van der Waals surface area contributed by atoms with Crippen molar-refractivity contribution < 1.29 is 19.4 Å². The Kier molecular flexibility index (Phi) is 3.78. The van der Waals surface area contributed by atoms with Crippen LogP contribution in [0.3, 0.4) is 0 Å². The standard InChI is InChI=1S/C10H13N3O4S/c1-17-6-4-7(8(14)15)13(5-6)10(16)12-9-11-2-3-18-9/h2-3,6-7H,4-5H2,1H3,(H,14,15)(H,11,12,16). The monoisotopic (exact) mass is 271 g/mol. The van der Waals surface area contributed by atoms with E-state index in [0.717, 1.165) is 0 Å². The second-order valence-electron chi connectivity index (χ2n) is 3.87. The highest BCUT2D eigenvalue weighted by atomic mass is 32.1. The molecule has 0 spiro atoms. The normalized spacial score (nSPS) is 23.1. The zero-order valence-electron chi connectivity index (χ0n) is 9.70. The van der Waals surface area contributed by atoms with E-state index in [-0.39, 0.29) is 12.6 Å². The van der Waals surface area contributed by atoms with Crippen molar-refractivity contribution in [1.82, 2.24) is 9.88 Å². The molecule has 1 aliphatic heterocycles. The van der Waals surface area contributed by atoms with Crippen molar-refractivity contribution in [3.63, 3.8) is 0 Å². The van der Waals surface area contributed by atoms with Crippen LogP contribution in [0.15, 0.2) is 11.6 Å². The third-order valence-electron chi connectivity index (χ3n) is 2.79. The molecule has 1 fully saturated rings. The van der Waals surface area contributed by atoms with Crippen LogP contribution in [0.5, 0.6) is 0 Å². The van der Waals surface area contributed by atoms with Crippen molar-refractivity contribution in [3.05, 3.63) is 11.6 Å². The lowest BCUT2D eigenvalue weighted by Gasteiger charge is -2.20. The molecule has 2 amide bonds. The number of thiazole rings is 1. The number of carbonyl (C=O) groups excluding carboxylic acids is 1. The van der Waals surface area contributed by atoms with Crippen molar-refractivity contribution in [3.8, 4) is 0 Å². The minimum atomic E-state index is -1.02. The molecule has 18 heavy (non-hydrogen) atoms. The van der Waals surface area contributed by atoms with E-state index in [2.05, 4.69) is 10.3 Å². The summed E-state index contributed by atoms with van der Waals surface area (Å²) in [6, 6.07) is -1.31. The van der Waals surface area contributed by atoms with E-state index in [1.54, 1.807) is 11.6 Å². The van der Waals surface area contributed by atoms with Gasteiger partial charge in [0.15, 0.2) is 5.13 Å². The summed E-state index contributed by atoms with van der Waals surface area (Å²) >= 11 is 1.28. The van der Waals surface area contributed by atoms with Crippen LogP contribution in [0.4, 0.5) is 9.93 Å². The second kappa shape index (κ2) is 5.32. The van der Waals surface area contributed by atoms with Gasteiger partial charge < -0.3 is 14.7 Å². The Morgan fingerprint density at radius 1 is 1.67 bits per heavy atom. The van der Waals surface area contributed by atoms with Gasteiger partial charge in [0.2, 0.25) is 0 Å². The molecule has 2 heterocycles. The van der Waals surface area contributed by atoms with Gasteiger partial charge in [0.25, 0.3) is 0 Å². The molecule has 1 aromatic heterocycles. The van der Waals surface area contributed by atoms with Gasteiger partial charge in [-0.3, -0.25) is 5.32 Å².